The highest BCUT2D eigenvalue weighted by Crippen LogP contribution is 2.38. The number of likely N-dealkylation sites (tertiary alicyclic amines) is 1. The molecule has 1 rings (SSSR count). The zero-order valence-corrected chi connectivity index (χ0v) is 12.5. The van der Waals surface area contributed by atoms with Gasteiger partial charge in [-0.05, 0) is 18.1 Å². The van der Waals surface area contributed by atoms with Crippen LogP contribution in [0.1, 0.15) is 27.2 Å². The molecule has 0 aromatic heterocycles. The molecule has 0 aromatic rings. The summed E-state index contributed by atoms with van der Waals surface area (Å²) < 4.78 is 6.22. The predicted molar refractivity (Wildman–Crippen MR) is 72.1 cm³/mol. The summed E-state index contributed by atoms with van der Waals surface area (Å²) in [6.45, 7) is 12.1. The maximum atomic E-state index is 11.7. The van der Waals surface area contributed by atoms with Crippen LogP contribution in [0.15, 0.2) is 0 Å². The second-order valence-corrected chi connectivity index (χ2v) is 10.9. The monoisotopic (exact) mass is 253 g/mol. The Bertz CT molecular complexity index is 338. The molecule has 1 aliphatic rings. The summed E-state index contributed by atoms with van der Waals surface area (Å²) in [5, 5.41) is 0.176. The van der Waals surface area contributed by atoms with Crippen molar-refractivity contribution >= 4 is 14.2 Å². The van der Waals surface area contributed by atoms with Crippen molar-refractivity contribution in [3.63, 3.8) is 0 Å². The molecule has 0 N–H and O–H groups in total. The lowest BCUT2D eigenvalue weighted by Gasteiger charge is -2.38. The van der Waals surface area contributed by atoms with Crippen LogP contribution in [0.5, 0.6) is 0 Å². The van der Waals surface area contributed by atoms with Crippen LogP contribution in [-0.2, 0) is 9.22 Å². The third-order valence-electron chi connectivity index (χ3n) is 3.73. The number of terminal acetylenes is 1. The highest BCUT2D eigenvalue weighted by atomic mass is 28.4. The Labute approximate surface area is 106 Å². The summed E-state index contributed by atoms with van der Waals surface area (Å²) in [6, 6.07) is 0. The van der Waals surface area contributed by atoms with E-state index in [2.05, 4.69) is 39.8 Å². The second-order valence-electron chi connectivity index (χ2n) is 6.18. The number of carbonyl (C=O) groups is 1. The average Bonchev–Trinajstić information content (AvgIpc) is 2.44. The number of hydrogen-bond acceptors (Lipinski definition) is 2. The van der Waals surface area contributed by atoms with Gasteiger partial charge in [0.15, 0.2) is 8.32 Å². The Morgan fingerprint density at radius 3 is 2.59 bits per heavy atom. The highest BCUT2D eigenvalue weighted by molar-refractivity contribution is 6.74. The summed E-state index contributed by atoms with van der Waals surface area (Å²) >= 11 is 0. The van der Waals surface area contributed by atoms with E-state index in [1.165, 1.54) is 0 Å². The molecule has 0 bridgehead atoms. The highest BCUT2D eigenvalue weighted by Gasteiger charge is 2.41. The van der Waals surface area contributed by atoms with Crippen LogP contribution in [0.25, 0.3) is 0 Å². The molecule has 96 valence electrons. The van der Waals surface area contributed by atoms with Crippen molar-refractivity contribution in [1.82, 2.24) is 4.90 Å². The summed E-state index contributed by atoms with van der Waals surface area (Å²) in [6.07, 6.45) is 5.74. The van der Waals surface area contributed by atoms with Gasteiger partial charge in [0.05, 0.1) is 19.1 Å². The molecule has 1 atom stereocenters. The summed E-state index contributed by atoms with van der Waals surface area (Å²) in [7, 11) is -1.78. The van der Waals surface area contributed by atoms with Crippen LogP contribution >= 0.6 is 0 Å². The smallest absolute Gasteiger partial charge is 0.226 e. The molecule has 1 amide bonds. The van der Waals surface area contributed by atoms with Crippen LogP contribution in [0.4, 0.5) is 0 Å². The fourth-order valence-electron chi connectivity index (χ4n) is 1.67. The van der Waals surface area contributed by atoms with E-state index in [0.29, 0.717) is 19.5 Å². The average molecular weight is 253 g/mol. The number of carbonyl (C=O) groups excluding carboxylic acids is 1. The maximum Gasteiger partial charge on any atom is 0.226 e. The zero-order chi connectivity index (χ0) is 13.3. The van der Waals surface area contributed by atoms with Crippen molar-refractivity contribution in [2.45, 2.75) is 51.4 Å². The maximum absolute atomic E-state index is 11.7. The standard InChI is InChI=1S/C13H23NO2Si/c1-7-8-14-10-11(9-12(14)15)16-17(5,6)13(2,3)4/h1,11H,8-10H2,2-6H3/t11-/m0/s1. The SMILES string of the molecule is C#CCN1C[C@@H](O[Si](C)(C)C(C)(C)C)CC1=O. The molecule has 3 nitrogen and oxygen atoms in total. The molecule has 0 unspecified atom stereocenters. The lowest BCUT2D eigenvalue weighted by molar-refractivity contribution is -0.127. The molecule has 0 spiro atoms. The minimum Gasteiger partial charge on any atom is -0.412 e. The van der Waals surface area contributed by atoms with Gasteiger partial charge in [-0.15, -0.1) is 6.42 Å². The quantitative estimate of drug-likeness (QED) is 0.570. The molecular weight excluding hydrogens is 230 g/mol. The third-order valence-corrected chi connectivity index (χ3v) is 8.26. The van der Waals surface area contributed by atoms with Gasteiger partial charge >= 0.3 is 0 Å². The van der Waals surface area contributed by atoms with E-state index < -0.39 is 8.32 Å². The molecular formula is C13H23NO2Si. The first-order chi connectivity index (χ1) is 7.67. The molecule has 1 saturated heterocycles. The minimum absolute atomic E-state index is 0.0248. The van der Waals surface area contributed by atoms with Gasteiger partial charge in [-0.1, -0.05) is 26.7 Å². The summed E-state index contributed by atoms with van der Waals surface area (Å²) in [4.78, 5) is 13.4. The molecule has 0 saturated carbocycles. The molecule has 17 heavy (non-hydrogen) atoms. The van der Waals surface area contributed by atoms with Gasteiger partial charge in [-0.2, -0.15) is 0 Å². The van der Waals surface area contributed by atoms with Crippen molar-refractivity contribution in [1.29, 1.82) is 0 Å². The molecule has 1 heterocycles. The van der Waals surface area contributed by atoms with Gasteiger partial charge in [0.2, 0.25) is 5.91 Å². The van der Waals surface area contributed by atoms with Crippen LogP contribution in [-0.4, -0.2) is 38.3 Å². The van der Waals surface area contributed by atoms with E-state index in [-0.39, 0.29) is 17.0 Å². The number of hydrogen-bond donors (Lipinski definition) is 0. The Morgan fingerprint density at radius 2 is 2.12 bits per heavy atom. The van der Waals surface area contributed by atoms with Crippen molar-refractivity contribution in [2.24, 2.45) is 0 Å². The molecule has 1 fully saturated rings. The Balaban J connectivity index is 2.62. The summed E-state index contributed by atoms with van der Waals surface area (Å²) in [5.41, 5.74) is 0. The van der Waals surface area contributed by atoms with Crippen LogP contribution in [0, 0.1) is 12.3 Å². The summed E-state index contributed by atoms with van der Waals surface area (Å²) in [5.74, 6) is 2.63. The fourth-order valence-corrected chi connectivity index (χ4v) is 3.02. The van der Waals surface area contributed by atoms with E-state index in [1.807, 2.05) is 0 Å². The number of nitrogens with zero attached hydrogens (tertiary/aromatic N) is 1. The van der Waals surface area contributed by atoms with E-state index in [4.69, 9.17) is 10.8 Å². The van der Waals surface area contributed by atoms with Gasteiger partial charge < -0.3 is 9.33 Å². The van der Waals surface area contributed by atoms with Crippen LogP contribution in [0.3, 0.4) is 0 Å². The second kappa shape index (κ2) is 4.83. The van der Waals surface area contributed by atoms with Crippen LogP contribution < -0.4 is 0 Å². The topological polar surface area (TPSA) is 29.5 Å². The predicted octanol–water partition coefficient (Wildman–Crippen LogP) is 2.24. The lowest BCUT2D eigenvalue weighted by Crippen LogP contribution is -2.44. The largest absolute Gasteiger partial charge is 0.412 e. The Kier molecular flexibility index (Phi) is 4.05. The lowest BCUT2D eigenvalue weighted by atomic mass is 10.2. The van der Waals surface area contributed by atoms with Crippen molar-refractivity contribution in [3.05, 3.63) is 0 Å². The minimum atomic E-state index is -1.78. The van der Waals surface area contributed by atoms with Gasteiger partial charge in [-0.25, -0.2) is 0 Å². The zero-order valence-electron chi connectivity index (χ0n) is 11.5. The van der Waals surface area contributed by atoms with E-state index in [1.54, 1.807) is 4.90 Å². The molecule has 0 aromatic carbocycles. The number of rotatable bonds is 3. The van der Waals surface area contributed by atoms with E-state index in [9.17, 15) is 4.79 Å². The normalized spacial score (nSPS) is 21.8. The third kappa shape index (κ3) is 3.33. The van der Waals surface area contributed by atoms with Gasteiger partial charge in [-0.3, -0.25) is 4.79 Å². The Hall–Kier alpha value is -0.793. The van der Waals surface area contributed by atoms with Gasteiger partial charge in [0, 0.05) is 6.54 Å². The van der Waals surface area contributed by atoms with E-state index in [0.717, 1.165) is 0 Å². The van der Waals surface area contributed by atoms with Crippen molar-refractivity contribution in [3.8, 4) is 12.3 Å². The molecule has 1 aliphatic heterocycles. The van der Waals surface area contributed by atoms with Crippen LogP contribution in [0.2, 0.25) is 18.1 Å². The van der Waals surface area contributed by atoms with E-state index >= 15 is 0 Å². The molecule has 0 radical (unpaired) electrons. The number of amides is 1. The van der Waals surface area contributed by atoms with Gasteiger partial charge in [0.25, 0.3) is 0 Å². The van der Waals surface area contributed by atoms with Crippen molar-refractivity contribution in [2.75, 3.05) is 13.1 Å². The first kappa shape index (κ1) is 14.3. The van der Waals surface area contributed by atoms with Gasteiger partial charge in [0.1, 0.15) is 0 Å². The first-order valence-electron chi connectivity index (χ1n) is 6.06. The molecule has 0 aliphatic carbocycles. The Morgan fingerprint density at radius 1 is 1.53 bits per heavy atom. The molecule has 4 heteroatoms. The van der Waals surface area contributed by atoms with Crippen molar-refractivity contribution < 1.29 is 9.22 Å². The first-order valence-corrected chi connectivity index (χ1v) is 8.97. The fraction of sp³-hybridized carbons (Fsp3) is 0.769.